The van der Waals surface area contributed by atoms with E-state index in [-0.39, 0.29) is 22.5 Å². The van der Waals surface area contributed by atoms with E-state index in [0.717, 1.165) is 18.5 Å². The Kier molecular flexibility index (Phi) is 5.32. The highest BCUT2D eigenvalue weighted by Gasteiger charge is 2.22. The SMILES string of the molecule is CSC1=NCN(C(C)(C)C)CN1.[Br-]. The summed E-state index contributed by atoms with van der Waals surface area (Å²) in [5.41, 5.74) is 0.209. The van der Waals surface area contributed by atoms with Crippen molar-refractivity contribution in [1.82, 2.24) is 10.2 Å². The summed E-state index contributed by atoms with van der Waals surface area (Å²) < 4.78 is 0. The average Bonchev–Trinajstić information content (AvgIpc) is 2.03. The first-order chi connectivity index (χ1) is 5.54. The lowest BCUT2D eigenvalue weighted by Gasteiger charge is -2.36. The molecule has 5 heteroatoms. The number of hydrogen-bond acceptors (Lipinski definition) is 4. The molecule has 78 valence electrons. The van der Waals surface area contributed by atoms with E-state index in [1.54, 1.807) is 11.8 Å². The summed E-state index contributed by atoms with van der Waals surface area (Å²) in [5, 5.41) is 4.32. The lowest BCUT2D eigenvalue weighted by atomic mass is 10.1. The van der Waals surface area contributed by atoms with Gasteiger partial charge in [0.2, 0.25) is 0 Å². The van der Waals surface area contributed by atoms with Crippen LogP contribution in [-0.4, -0.2) is 35.2 Å². The molecule has 1 aliphatic rings. The van der Waals surface area contributed by atoms with Gasteiger partial charge in [0.1, 0.15) is 0 Å². The van der Waals surface area contributed by atoms with Gasteiger partial charge in [-0.15, -0.1) is 0 Å². The zero-order chi connectivity index (χ0) is 9.19. The Balaban J connectivity index is 0.00000144. The van der Waals surface area contributed by atoms with E-state index in [2.05, 4.69) is 36.0 Å². The monoisotopic (exact) mass is 266 g/mol. The summed E-state index contributed by atoms with van der Waals surface area (Å²) in [7, 11) is 0. The van der Waals surface area contributed by atoms with E-state index >= 15 is 0 Å². The second-order valence-corrected chi connectivity index (χ2v) is 4.65. The number of nitrogens with zero attached hydrogens (tertiary/aromatic N) is 2. The molecule has 1 rings (SSSR count). The van der Waals surface area contributed by atoms with Gasteiger partial charge in [0.25, 0.3) is 0 Å². The van der Waals surface area contributed by atoms with Crippen LogP contribution in [0.25, 0.3) is 0 Å². The van der Waals surface area contributed by atoms with Crippen molar-refractivity contribution in [3.8, 4) is 0 Å². The highest BCUT2D eigenvalue weighted by atomic mass is 79.9. The lowest BCUT2D eigenvalue weighted by Crippen LogP contribution is -3.00. The summed E-state index contributed by atoms with van der Waals surface area (Å²) in [6.45, 7) is 8.33. The number of rotatable bonds is 0. The van der Waals surface area contributed by atoms with Gasteiger partial charge in [0, 0.05) is 5.54 Å². The molecule has 0 aliphatic carbocycles. The third kappa shape index (κ3) is 3.87. The molecule has 0 aromatic carbocycles. The van der Waals surface area contributed by atoms with E-state index in [0.29, 0.717) is 0 Å². The number of hydrogen-bond donors (Lipinski definition) is 1. The summed E-state index contributed by atoms with van der Waals surface area (Å²) in [6.07, 6.45) is 2.04. The minimum Gasteiger partial charge on any atom is -1.00 e. The number of aliphatic imine (C=N–C) groups is 1. The van der Waals surface area contributed by atoms with Crippen LogP contribution in [0.5, 0.6) is 0 Å². The first-order valence-electron chi connectivity index (χ1n) is 4.11. The molecule has 0 atom stereocenters. The number of halogens is 1. The minimum atomic E-state index is 0. The van der Waals surface area contributed by atoms with Crippen LogP contribution in [0.1, 0.15) is 20.8 Å². The molecule has 3 nitrogen and oxygen atoms in total. The summed E-state index contributed by atoms with van der Waals surface area (Å²) in [4.78, 5) is 6.69. The Morgan fingerprint density at radius 3 is 2.38 bits per heavy atom. The maximum atomic E-state index is 4.39. The van der Waals surface area contributed by atoms with Crippen LogP contribution < -0.4 is 22.3 Å². The quantitative estimate of drug-likeness (QED) is 0.568. The van der Waals surface area contributed by atoms with Crippen LogP contribution in [-0.2, 0) is 0 Å². The first-order valence-corrected chi connectivity index (χ1v) is 5.34. The Morgan fingerprint density at radius 2 is 2.08 bits per heavy atom. The summed E-state index contributed by atoms with van der Waals surface area (Å²) in [5.74, 6) is 0. The molecule has 1 heterocycles. The fraction of sp³-hybridized carbons (Fsp3) is 0.875. The van der Waals surface area contributed by atoms with Gasteiger partial charge < -0.3 is 22.3 Å². The zero-order valence-electron chi connectivity index (χ0n) is 8.59. The lowest BCUT2D eigenvalue weighted by molar-refractivity contribution is -0.00000407. The third-order valence-corrected chi connectivity index (χ3v) is 2.61. The number of amidine groups is 1. The molecule has 0 bridgehead atoms. The molecule has 1 N–H and O–H groups in total. The third-order valence-electron chi connectivity index (χ3n) is 1.95. The van der Waals surface area contributed by atoms with Crippen LogP contribution in [0, 0.1) is 0 Å². The van der Waals surface area contributed by atoms with Crippen molar-refractivity contribution in [2.75, 3.05) is 19.6 Å². The van der Waals surface area contributed by atoms with Gasteiger partial charge in [-0.2, -0.15) is 0 Å². The zero-order valence-corrected chi connectivity index (χ0v) is 11.0. The van der Waals surface area contributed by atoms with Gasteiger partial charge in [0.15, 0.2) is 5.17 Å². The molecule has 0 fully saturated rings. The van der Waals surface area contributed by atoms with Crippen molar-refractivity contribution in [1.29, 1.82) is 0 Å². The number of thioether (sulfide) groups is 1. The molecular formula is C8H17BrN3S-. The fourth-order valence-electron chi connectivity index (χ4n) is 1.00. The Hall–Kier alpha value is 0.260. The molecule has 0 aromatic rings. The maximum Gasteiger partial charge on any atom is 0.158 e. The van der Waals surface area contributed by atoms with Crippen molar-refractivity contribution in [2.24, 2.45) is 4.99 Å². The molecule has 0 amide bonds. The van der Waals surface area contributed by atoms with Crippen LogP contribution >= 0.6 is 11.8 Å². The van der Waals surface area contributed by atoms with E-state index in [1.165, 1.54) is 0 Å². The van der Waals surface area contributed by atoms with Gasteiger partial charge in [-0.25, -0.2) is 4.99 Å². The smallest absolute Gasteiger partial charge is 0.158 e. The largest absolute Gasteiger partial charge is 1.00 e. The molecule has 0 aromatic heterocycles. The second kappa shape index (κ2) is 5.22. The van der Waals surface area contributed by atoms with E-state index < -0.39 is 0 Å². The standard InChI is InChI=1S/C8H17N3S.BrH/c1-8(2,3)11-5-9-7(12-4)10-6-11;/h5-6H2,1-4H3,(H,9,10);1H/p-1. The predicted molar refractivity (Wildman–Crippen MR) is 55.4 cm³/mol. The highest BCUT2D eigenvalue weighted by Crippen LogP contribution is 2.14. The van der Waals surface area contributed by atoms with Gasteiger partial charge in [-0.05, 0) is 27.0 Å². The van der Waals surface area contributed by atoms with Crippen molar-refractivity contribution in [2.45, 2.75) is 26.3 Å². The Labute approximate surface area is 95.1 Å². The van der Waals surface area contributed by atoms with Crippen molar-refractivity contribution in [3.63, 3.8) is 0 Å². The van der Waals surface area contributed by atoms with Crippen LogP contribution in [0.4, 0.5) is 0 Å². The molecule has 0 unspecified atom stereocenters. The van der Waals surface area contributed by atoms with E-state index in [9.17, 15) is 0 Å². The molecule has 0 spiro atoms. The molecule has 0 saturated carbocycles. The first kappa shape index (κ1) is 13.3. The normalized spacial score (nSPS) is 18.6. The second-order valence-electron chi connectivity index (χ2n) is 3.85. The fourth-order valence-corrected chi connectivity index (χ4v) is 1.40. The topological polar surface area (TPSA) is 27.6 Å². The van der Waals surface area contributed by atoms with Crippen molar-refractivity contribution < 1.29 is 17.0 Å². The molecule has 1 aliphatic heterocycles. The average molecular weight is 267 g/mol. The minimum absolute atomic E-state index is 0. The Morgan fingerprint density at radius 1 is 1.46 bits per heavy atom. The molecular weight excluding hydrogens is 250 g/mol. The van der Waals surface area contributed by atoms with Crippen LogP contribution in [0.2, 0.25) is 0 Å². The van der Waals surface area contributed by atoms with Crippen molar-refractivity contribution >= 4 is 16.9 Å². The van der Waals surface area contributed by atoms with E-state index in [4.69, 9.17) is 0 Å². The van der Waals surface area contributed by atoms with Gasteiger partial charge in [0.05, 0.1) is 13.3 Å². The number of nitrogens with one attached hydrogen (secondary N) is 1. The maximum absolute atomic E-state index is 4.39. The van der Waals surface area contributed by atoms with Crippen LogP contribution in [0.15, 0.2) is 4.99 Å². The van der Waals surface area contributed by atoms with Gasteiger partial charge in [-0.3, -0.25) is 4.90 Å². The van der Waals surface area contributed by atoms with E-state index in [1.807, 2.05) is 6.26 Å². The highest BCUT2D eigenvalue weighted by molar-refractivity contribution is 8.13. The molecule has 0 radical (unpaired) electrons. The summed E-state index contributed by atoms with van der Waals surface area (Å²) >= 11 is 1.67. The van der Waals surface area contributed by atoms with Gasteiger partial charge in [-0.1, -0.05) is 11.8 Å². The van der Waals surface area contributed by atoms with Gasteiger partial charge >= 0.3 is 0 Å². The van der Waals surface area contributed by atoms with Crippen molar-refractivity contribution in [3.05, 3.63) is 0 Å². The van der Waals surface area contributed by atoms with Crippen LogP contribution in [0.3, 0.4) is 0 Å². The predicted octanol–water partition coefficient (Wildman–Crippen LogP) is -1.67. The molecule has 0 saturated heterocycles. The Bertz CT molecular complexity index is 188. The summed E-state index contributed by atoms with van der Waals surface area (Å²) in [6, 6.07) is 0. The molecule has 13 heavy (non-hydrogen) atoms.